The molecule has 0 aliphatic carbocycles. The van der Waals surface area contributed by atoms with Gasteiger partial charge in [-0.1, -0.05) is 77.6 Å². The van der Waals surface area contributed by atoms with Gasteiger partial charge in [-0.05, 0) is 6.42 Å². The molecule has 8 nitrogen and oxygen atoms in total. The van der Waals surface area contributed by atoms with Gasteiger partial charge in [0.15, 0.2) is 0 Å². The van der Waals surface area contributed by atoms with Gasteiger partial charge in [-0.15, -0.1) is 0 Å². The summed E-state index contributed by atoms with van der Waals surface area (Å²) in [6.07, 6.45) is 10.4. The lowest BCUT2D eigenvalue weighted by atomic mass is 10.1. The van der Waals surface area contributed by atoms with E-state index in [0.29, 0.717) is 6.42 Å². The molecule has 0 saturated heterocycles. The molecule has 9 heteroatoms. The molecule has 0 heterocycles. The maximum atomic E-state index is 12.3. The van der Waals surface area contributed by atoms with Crippen LogP contribution in [0.5, 0.6) is 0 Å². The second-order valence-electron chi connectivity index (χ2n) is 8.94. The van der Waals surface area contributed by atoms with Gasteiger partial charge in [-0.25, -0.2) is 4.57 Å². The van der Waals surface area contributed by atoms with Crippen LogP contribution in [0.25, 0.3) is 0 Å². The fourth-order valence-corrected chi connectivity index (χ4v) is 4.13. The van der Waals surface area contributed by atoms with Gasteiger partial charge < -0.3 is 19.6 Å². The Morgan fingerprint density at radius 3 is 1.77 bits per heavy atom. The molecule has 0 amide bonds. The van der Waals surface area contributed by atoms with E-state index in [0.717, 1.165) is 19.3 Å². The number of nitrogens with zero attached hydrogens (tertiary/aromatic N) is 1. The third-order valence-electron chi connectivity index (χ3n) is 4.98. The zero-order valence-corrected chi connectivity index (χ0v) is 20.3. The minimum atomic E-state index is -4.48. The van der Waals surface area contributed by atoms with Crippen molar-refractivity contribution in [1.29, 1.82) is 0 Å². The summed E-state index contributed by atoms with van der Waals surface area (Å²) in [6.45, 7) is 2.26. The van der Waals surface area contributed by atoms with Crippen molar-refractivity contribution in [1.82, 2.24) is 0 Å². The molecule has 180 valence electrons. The first-order chi connectivity index (χ1) is 14.0. The van der Waals surface area contributed by atoms with Crippen LogP contribution in [0.4, 0.5) is 0 Å². The van der Waals surface area contributed by atoms with Crippen molar-refractivity contribution < 1.29 is 38.0 Å². The minimum absolute atomic E-state index is 0.0406. The Morgan fingerprint density at radius 1 is 0.933 bits per heavy atom. The number of carbonyl (C=O) groups is 1. The second-order valence-corrected chi connectivity index (χ2v) is 10.3. The molecule has 2 N–H and O–H groups in total. The molecule has 0 aromatic heterocycles. The Bertz CT molecular complexity index is 496. The Kier molecular flexibility index (Phi) is 15.9. The lowest BCUT2D eigenvalue weighted by molar-refractivity contribution is -0.973. The molecule has 0 aromatic rings. The van der Waals surface area contributed by atoms with Crippen molar-refractivity contribution in [3.05, 3.63) is 0 Å². The van der Waals surface area contributed by atoms with Crippen molar-refractivity contribution in [2.45, 2.75) is 103 Å². The molecule has 0 spiro atoms. The maximum absolute atomic E-state index is 12.3. The van der Waals surface area contributed by atoms with E-state index in [1.54, 1.807) is 21.1 Å². The molecule has 0 radical (unpaired) electrons. The van der Waals surface area contributed by atoms with Crippen molar-refractivity contribution in [3.8, 4) is 0 Å². The van der Waals surface area contributed by atoms with Crippen molar-refractivity contribution in [2.24, 2.45) is 0 Å². The highest BCUT2D eigenvalue weighted by molar-refractivity contribution is 7.47. The van der Waals surface area contributed by atoms with Gasteiger partial charge >= 0.3 is 13.8 Å². The number of hydrogen-bond donors (Lipinski definition) is 2. The van der Waals surface area contributed by atoms with Crippen LogP contribution < -0.4 is 5.11 Å². The number of hydrogen-bond acceptors (Lipinski definition) is 5. The van der Waals surface area contributed by atoms with Crippen LogP contribution in [0.2, 0.25) is 0 Å². The first-order valence-corrected chi connectivity index (χ1v) is 12.8. The molecule has 3 atom stereocenters. The molecule has 0 rings (SSSR count). The summed E-state index contributed by atoms with van der Waals surface area (Å²) in [4.78, 5) is 20.8. The van der Waals surface area contributed by atoms with Gasteiger partial charge in [0.25, 0.3) is 0 Å². The Balaban J connectivity index is 3.97. The van der Waals surface area contributed by atoms with E-state index in [-0.39, 0.29) is 11.1 Å². The smallest absolute Gasteiger partial charge is 0.472 e. The van der Waals surface area contributed by atoms with Crippen LogP contribution >= 0.6 is 7.82 Å². The van der Waals surface area contributed by atoms with Crippen molar-refractivity contribution in [2.75, 3.05) is 27.7 Å². The SMILES string of the molecule is CCCCCCCCCCCCCCOP(=O)(O)O[C@H](CC(=O)O)C([O-])[N+](C)(C)C. The standard InChI is InChI=1S/C21H44NO7P/c1-5-6-7-8-9-10-11-12-13-14-15-16-17-28-30(26,27)29-19(18-20(23)24)21(25)22(2,3)4/h19,21H,5-18H2,1-4H3,(H,23,24)(H,26,27)/t19-,21?/m1/s1. The van der Waals surface area contributed by atoms with Crippen LogP contribution in [0.1, 0.15) is 90.4 Å². The molecule has 0 aromatic carbocycles. The van der Waals surface area contributed by atoms with E-state index in [2.05, 4.69) is 6.92 Å². The van der Waals surface area contributed by atoms with E-state index < -0.39 is 32.5 Å². The monoisotopic (exact) mass is 453 g/mol. The number of aliphatic carboxylic acids is 1. The predicted octanol–water partition coefficient (Wildman–Crippen LogP) is 4.06. The van der Waals surface area contributed by atoms with E-state index in [9.17, 15) is 19.4 Å². The lowest BCUT2D eigenvalue weighted by Crippen LogP contribution is -2.60. The zero-order chi connectivity index (χ0) is 23.0. The Labute approximate surface area is 182 Å². The van der Waals surface area contributed by atoms with Crippen molar-refractivity contribution >= 4 is 13.8 Å². The summed E-state index contributed by atoms with van der Waals surface area (Å²) in [5.41, 5.74) is 0. The van der Waals surface area contributed by atoms with Gasteiger partial charge in [0.2, 0.25) is 0 Å². The Hall–Kier alpha value is -0.500. The van der Waals surface area contributed by atoms with Gasteiger partial charge in [0.05, 0.1) is 34.2 Å². The molecule has 0 fully saturated rings. The topological polar surface area (TPSA) is 116 Å². The minimum Gasteiger partial charge on any atom is -0.804 e. The maximum Gasteiger partial charge on any atom is 0.472 e. The number of phosphoric ester groups is 1. The average Bonchev–Trinajstić information content (AvgIpc) is 2.63. The van der Waals surface area contributed by atoms with Crippen LogP contribution in [-0.4, -0.2) is 60.5 Å². The number of rotatable bonds is 20. The molecule has 0 bridgehead atoms. The lowest BCUT2D eigenvalue weighted by Gasteiger charge is -2.42. The highest BCUT2D eigenvalue weighted by Crippen LogP contribution is 2.45. The summed E-state index contributed by atoms with van der Waals surface area (Å²) in [6, 6.07) is 0. The van der Waals surface area contributed by atoms with E-state index in [1.807, 2.05) is 0 Å². The summed E-state index contributed by atoms with van der Waals surface area (Å²) >= 11 is 0. The summed E-state index contributed by atoms with van der Waals surface area (Å²) in [5, 5.41) is 21.3. The van der Waals surface area contributed by atoms with Gasteiger partial charge in [0, 0.05) is 6.23 Å². The van der Waals surface area contributed by atoms with Crippen molar-refractivity contribution in [3.63, 3.8) is 0 Å². The Morgan fingerprint density at radius 2 is 1.37 bits per heavy atom. The van der Waals surface area contributed by atoms with E-state index >= 15 is 0 Å². The van der Waals surface area contributed by atoms with Crippen LogP contribution in [0.15, 0.2) is 0 Å². The first kappa shape index (κ1) is 29.5. The summed E-state index contributed by atoms with van der Waals surface area (Å²) in [5.74, 6) is -1.27. The number of unbranched alkanes of at least 4 members (excludes halogenated alkanes) is 11. The van der Waals surface area contributed by atoms with Gasteiger partial charge in [-0.3, -0.25) is 13.8 Å². The first-order valence-electron chi connectivity index (χ1n) is 11.3. The quantitative estimate of drug-likeness (QED) is 0.124. The molecular weight excluding hydrogens is 409 g/mol. The molecular formula is C21H44NO7P. The molecule has 0 aliphatic rings. The number of quaternary nitrogens is 1. The van der Waals surface area contributed by atoms with Crippen LogP contribution in [0, 0.1) is 0 Å². The average molecular weight is 454 g/mol. The largest absolute Gasteiger partial charge is 0.804 e. The fourth-order valence-electron chi connectivity index (χ4n) is 3.19. The number of likely N-dealkylation sites (N-methyl/N-ethyl adjacent to an activating group) is 1. The van der Waals surface area contributed by atoms with Crippen LogP contribution in [-0.2, 0) is 18.4 Å². The third-order valence-corrected chi connectivity index (χ3v) is 6.02. The summed E-state index contributed by atoms with van der Waals surface area (Å²) in [7, 11) is 0.241. The highest BCUT2D eigenvalue weighted by atomic mass is 31.2. The van der Waals surface area contributed by atoms with Gasteiger partial charge in [-0.2, -0.15) is 0 Å². The highest BCUT2D eigenvalue weighted by Gasteiger charge is 2.34. The number of carboxylic acids is 1. The summed E-state index contributed by atoms with van der Waals surface area (Å²) < 4.78 is 21.8. The van der Waals surface area contributed by atoms with Crippen LogP contribution in [0.3, 0.4) is 0 Å². The molecule has 2 unspecified atom stereocenters. The third kappa shape index (κ3) is 16.2. The number of phosphoric acid groups is 1. The van der Waals surface area contributed by atoms with Gasteiger partial charge in [0.1, 0.15) is 6.10 Å². The molecule has 0 saturated carbocycles. The second kappa shape index (κ2) is 16.2. The fraction of sp³-hybridized carbons (Fsp3) is 0.952. The zero-order valence-electron chi connectivity index (χ0n) is 19.4. The molecule has 0 aliphatic heterocycles. The molecule has 30 heavy (non-hydrogen) atoms. The van der Waals surface area contributed by atoms with E-state index in [1.165, 1.54) is 51.4 Å². The number of carboxylic acid groups (broad SMARTS) is 1. The predicted molar refractivity (Wildman–Crippen MR) is 116 cm³/mol. The normalized spacial score (nSPS) is 16.2. The van der Waals surface area contributed by atoms with E-state index in [4.69, 9.17) is 14.2 Å².